The quantitative estimate of drug-likeness (QED) is 0.0243. The molecular weight excluding hydrogens is 852 g/mol. The lowest BCUT2D eigenvalue weighted by molar-refractivity contribution is -0.870. The SMILES string of the molecule is CC/C=C\C/C=C\C/C=C\CCCCCCCC(=O)NC(COP(=O)(O)OCC[N+](C)(C)C)C(O)/C=C/CC/C=C/CCCCCCCCCCCCCCCCCCCCCCCCCC. The van der Waals surface area contributed by atoms with E-state index in [1.807, 2.05) is 27.2 Å². The van der Waals surface area contributed by atoms with E-state index in [9.17, 15) is 19.4 Å². The molecule has 0 heterocycles. The van der Waals surface area contributed by atoms with E-state index in [4.69, 9.17) is 9.05 Å². The molecule has 8 nitrogen and oxygen atoms in total. The average Bonchev–Trinajstić information content (AvgIpc) is 3.29. The van der Waals surface area contributed by atoms with Gasteiger partial charge in [-0.05, 0) is 64.2 Å². The number of amides is 1. The van der Waals surface area contributed by atoms with Crippen molar-refractivity contribution in [3.63, 3.8) is 0 Å². The molecule has 0 aliphatic carbocycles. The van der Waals surface area contributed by atoms with E-state index in [2.05, 4.69) is 67.8 Å². The summed E-state index contributed by atoms with van der Waals surface area (Å²) in [7, 11) is 1.54. The number of phosphoric ester groups is 1. The van der Waals surface area contributed by atoms with Crippen LogP contribution in [0.2, 0.25) is 0 Å². The molecule has 0 bridgehead atoms. The van der Waals surface area contributed by atoms with Crippen LogP contribution in [0.1, 0.15) is 251 Å². The Labute approximate surface area is 415 Å². The van der Waals surface area contributed by atoms with Crippen molar-refractivity contribution in [3.8, 4) is 0 Å². The number of aliphatic hydroxyl groups is 1. The van der Waals surface area contributed by atoms with Gasteiger partial charge in [-0.3, -0.25) is 13.8 Å². The summed E-state index contributed by atoms with van der Waals surface area (Å²) in [5, 5.41) is 13.9. The molecule has 0 rings (SSSR count). The van der Waals surface area contributed by atoms with E-state index >= 15 is 0 Å². The van der Waals surface area contributed by atoms with Crippen LogP contribution >= 0.6 is 7.82 Å². The third-order valence-corrected chi connectivity index (χ3v) is 13.5. The van der Waals surface area contributed by atoms with Gasteiger partial charge in [0.2, 0.25) is 5.91 Å². The predicted molar refractivity (Wildman–Crippen MR) is 290 cm³/mol. The monoisotopic (exact) mass is 962 g/mol. The van der Waals surface area contributed by atoms with E-state index in [0.29, 0.717) is 17.4 Å². The number of phosphoric acid groups is 1. The van der Waals surface area contributed by atoms with Crippen LogP contribution in [0.15, 0.2) is 60.8 Å². The van der Waals surface area contributed by atoms with E-state index in [1.54, 1.807) is 6.08 Å². The van der Waals surface area contributed by atoms with Crippen LogP contribution in [0, 0.1) is 0 Å². The largest absolute Gasteiger partial charge is 0.472 e. The minimum Gasteiger partial charge on any atom is -0.387 e. The highest BCUT2D eigenvalue weighted by molar-refractivity contribution is 7.47. The summed E-state index contributed by atoms with van der Waals surface area (Å²) in [4.78, 5) is 23.2. The maximum absolute atomic E-state index is 12.9. The highest BCUT2D eigenvalue weighted by Crippen LogP contribution is 2.43. The molecule has 0 fully saturated rings. The predicted octanol–water partition coefficient (Wildman–Crippen LogP) is 16.9. The van der Waals surface area contributed by atoms with Crippen LogP contribution in [0.3, 0.4) is 0 Å². The summed E-state index contributed by atoms with van der Waals surface area (Å²) in [6.07, 6.45) is 66.3. The van der Waals surface area contributed by atoms with Crippen LogP contribution in [0.4, 0.5) is 0 Å². The molecule has 0 aromatic heterocycles. The summed E-state index contributed by atoms with van der Waals surface area (Å²) in [5.74, 6) is -0.204. The second-order valence-electron chi connectivity index (χ2n) is 20.3. The minimum absolute atomic E-state index is 0.0504. The zero-order chi connectivity index (χ0) is 49.2. The average molecular weight is 962 g/mol. The van der Waals surface area contributed by atoms with Gasteiger partial charge in [0.15, 0.2) is 0 Å². The lowest BCUT2D eigenvalue weighted by Crippen LogP contribution is -2.45. The van der Waals surface area contributed by atoms with Crippen LogP contribution < -0.4 is 5.32 Å². The molecule has 9 heteroatoms. The van der Waals surface area contributed by atoms with Gasteiger partial charge in [-0.15, -0.1) is 0 Å². The Bertz CT molecular complexity index is 1270. The molecule has 67 heavy (non-hydrogen) atoms. The van der Waals surface area contributed by atoms with Gasteiger partial charge in [-0.25, -0.2) is 4.57 Å². The Balaban J connectivity index is 4.19. The third-order valence-electron chi connectivity index (χ3n) is 12.5. The molecule has 0 aliphatic rings. The lowest BCUT2D eigenvalue weighted by Gasteiger charge is -2.25. The number of carbonyl (C=O) groups excluding carboxylic acids is 1. The van der Waals surface area contributed by atoms with Crippen LogP contribution in [0.5, 0.6) is 0 Å². The number of likely N-dealkylation sites (N-methyl/N-ethyl adjacent to an activating group) is 1. The molecule has 0 aromatic carbocycles. The van der Waals surface area contributed by atoms with Crippen molar-refractivity contribution in [2.24, 2.45) is 0 Å². The number of aliphatic hydroxyl groups excluding tert-OH is 1. The van der Waals surface area contributed by atoms with Crippen molar-refractivity contribution in [3.05, 3.63) is 60.8 Å². The summed E-state index contributed by atoms with van der Waals surface area (Å²) < 4.78 is 23.6. The van der Waals surface area contributed by atoms with Crippen LogP contribution in [-0.4, -0.2) is 73.4 Å². The molecule has 392 valence electrons. The maximum atomic E-state index is 12.9. The Kier molecular flexibility index (Phi) is 47.9. The first kappa shape index (κ1) is 65.2. The molecule has 0 saturated carbocycles. The van der Waals surface area contributed by atoms with Crippen molar-refractivity contribution in [2.75, 3.05) is 40.9 Å². The molecule has 0 radical (unpaired) electrons. The Morgan fingerprint density at radius 3 is 1.37 bits per heavy atom. The minimum atomic E-state index is -4.36. The summed E-state index contributed by atoms with van der Waals surface area (Å²) in [6.45, 7) is 4.68. The van der Waals surface area contributed by atoms with Crippen molar-refractivity contribution in [2.45, 2.75) is 264 Å². The molecule has 3 N–H and O–H groups in total. The highest BCUT2D eigenvalue weighted by Gasteiger charge is 2.27. The third kappa shape index (κ3) is 51.9. The summed E-state index contributed by atoms with van der Waals surface area (Å²) in [6, 6.07) is -0.875. The fraction of sp³-hybridized carbons (Fsp3) is 0.810. The van der Waals surface area contributed by atoms with E-state index in [-0.39, 0.29) is 19.1 Å². The molecule has 0 spiro atoms. The van der Waals surface area contributed by atoms with Gasteiger partial charge in [0, 0.05) is 6.42 Å². The number of rotatable bonds is 51. The maximum Gasteiger partial charge on any atom is 0.472 e. The van der Waals surface area contributed by atoms with E-state index in [0.717, 1.165) is 77.0 Å². The molecule has 0 saturated heterocycles. The molecule has 0 aromatic rings. The number of carbonyl (C=O) groups is 1. The normalized spacial score (nSPS) is 14.4. The van der Waals surface area contributed by atoms with Crippen molar-refractivity contribution >= 4 is 13.7 Å². The molecule has 1 amide bonds. The fourth-order valence-corrected chi connectivity index (χ4v) is 8.81. The van der Waals surface area contributed by atoms with Gasteiger partial charge < -0.3 is 19.8 Å². The number of nitrogens with zero attached hydrogens (tertiary/aromatic N) is 1. The van der Waals surface area contributed by atoms with Gasteiger partial charge in [-0.1, -0.05) is 242 Å². The Hall–Kier alpha value is -1.80. The summed E-state index contributed by atoms with van der Waals surface area (Å²) >= 11 is 0. The second kappa shape index (κ2) is 49.2. The number of quaternary nitrogens is 1. The van der Waals surface area contributed by atoms with Crippen molar-refractivity contribution < 1.29 is 32.9 Å². The van der Waals surface area contributed by atoms with Crippen molar-refractivity contribution in [1.82, 2.24) is 5.32 Å². The Morgan fingerprint density at radius 2 is 0.910 bits per heavy atom. The topological polar surface area (TPSA) is 105 Å². The zero-order valence-electron chi connectivity index (χ0n) is 44.6. The van der Waals surface area contributed by atoms with Gasteiger partial charge in [0.25, 0.3) is 0 Å². The number of nitrogens with one attached hydrogen (secondary N) is 1. The molecule has 3 unspecified atom stereocenters. The van der Waals surface area contributed by atoms with E-state index in [1.165, 1.54) is 154 Å². The molecule has 0 aliphatic heterocycles. The first-order valence-corrected chi connectivity index (χ1v) is 29.7. The Morgan fingerprint density at radius 1 is 0.522 bits per heavy atom. The van der Waals surface area contributed by atoms with Gasteiger partial charge in [-0.2, -0.15) is 0 Å². The molecule has 3 atom stereocenters. The van der Waals surface area contributed by atoms with Crippen LogP contribution in [0.25, 0.3) is 0 Å². The van der Waals surface area contributed by atoms with Crippen LogP contribution in [-0.2, 0) is 18.4 Å². The zero-order valence-corrected chi connectivity index (χ0v) is 45.5. The number of hydrogen-bond acceptors (Lipinski definition) is 5. The van der Waals surface area contributed by atoms with Gasteiger partial charge in [0.1, 0.15) is 13.2 Å². The van der Waals surface area contributed by atoms with E-state index < -0.39 is 20.0 Å². The smallest absolute Gasteiger partial charge is 0.387 e. The summed E-state index contributed by atoms with van der Waals surface area (Å²) in [5.41, 5.74) is 0. The second-order valence-corrected chi connectivity index (χ2v) is 21.7. The number of allylic oxidation sites excluding steroid dienone is 9. The fourth-order valence-electron chi connectivity index (χ4n) is 8.07. The first-order valence-electron chi connectivity index (χ1n) is 28.2. The molecular formula is C58H110N2O6P+. The number of hydrogen-bond donors (Lipinski definition) is 3. The van der Waals surface area contributed by atoms with Gasteiger partial charge in [0.05, 0.1) is 39.9 Å². The first-order chi connectivity index (χ1) is 32.5. The highest BCUT2D eigenvalue weighted by atomic mass is 31.2. The lowest BCUT2D eigenvalue weighted by atomic mass is 10.0. The van der Waals surface area contributed by atoms with Crippen molar-refractivity contribution in [1.29, 1.82) is 0 Å². The number of unbranched alkanes of at least 4 members (excludes halogenated alkanes) is 30. The standard InChI is InChI=1S/C58H109N2O6P/c1-6-8-10-12-14-16-18-20-22-23-24-25-26-27-28-29-30-31-32-33-34-35-36-38-39-41-43-45-47-49-51-57(61)56(55-66-67(63,64)65-54-53-60(3,4)5)59-58(62)52-50-48-46-44-42-40-37-21-19-17-15-13-11-9-7-2/h9,11,15,17,21,37,41,43,49,51,56-57,61H,6-8,10,12-14,16,18-20,22-36,38-40,42,44-48,50,52-55H2,1-5H3,(H-,59,62,63,64)/p+1/b11-9-,17-15-,37-21-,43-41+,51-49+. The van der Waals surface area contributed by atoms with Gasteiger partial charge >= 0.3 is 7.82 Å².